The average molecular weight is 322 g/mol. The van der Waals surface area contributed by atoms with Gasteiger partial charge in [0.05, 0.1) is 5.41 Å². The van der Waals surface area contributed by atoms with Crippen molar-refractivity contribution in [3.05, 3.63) is 29.8 Å². The molecule has 24 heavy (non-hydrogen) atoms. The van der Waals surface area contributed by atoms with Crippen molar-refractivity contribution >= 4 is 11.6 Å². The first-order valence-corrected chi connectivity index (χ1v) is 9.74. The van der Waals surface area contributed by atoms with Crippen LogP contribution in [-0.2, 0) is 10.2 Å². The number of hydrogen-bond donors (Lipinski definition) is 1. The van der Waals surface area contributed by atoms with Crippen molar-refractivity contribution < 1.29 is 4.79 Å². The number of para-hydroxylation sites is 1. The Bertz CT molecular complexity index is 760. The van der Waals surface area contributed by atoms with E-state index in [9.17, 15) is 4.79 Å². The summed E-state index contributed by atoms with van der Waals surface area (Å²) >= 11 is 0. The van der Waals surface area contributed by atoms with Gasteiger partial charge in [0, 0.05) is 18.3 Å². The number of carbonyl (C=O) groups is 1. The lowest BCUT2D eigenvalue weighted by Crippen LogP contribution is -2.55. The van der Waals surface area contributed by atoms with E-state index in [1.807, 2.05) is 6.07 Å². The van der Waals surface area contributed by atoms with Crippen LogP contribution in [0.2, 0.25) is 0 Å². The number of nitrogens with zero attached hydrogens (tertiary/aromatic N) is 1. The Kier molecular flexibility index (Phi) is 2.35. The third-order valence-corrected chi connectivity index (χ3v) is 8.72. The number of fused-ring (bicyclic) bond motifs is 4. The van der Waals surface area contributed by atoms with E-state index < -0.39 is 0 Å². The van der Waals surface area contributed by atoms with Gasteiger partial charge in [0.25, 0.3) is 0 Å². The number of nitrogens with one attached hydrogen (secondary N) is 1. The molecule has 3 heterocycles. The molecule has 2 aliphatic carbocycles. The Balaban J connectivity index is 1.46. The maximum absolute atomic E-state index is 13.1. The first-order valence-electron chi connectivity index (χ1n) is 9.74. The number of rotatable bonds is 0. The van der Waals surface area contributed by atoms with Gasteiger partial charge in [0.15, 0.2) is 0 Å². The highest BCUT2D eigenvalue weighted by Gasteiger charge is 2.73. The maximum atomic E-state index is 13.1. The Morgan fingerprint density at radius 1 is 1.25 bits per heavy atom. The fraction of sp³-hybridized carbons (Fsp3) is 0.667. The Hall–Kier alpha value is -1.35. The summed E-state index contributed by atoms with van der Waals surface area (Å²) in [5, 5.41) is 3.21. The first kappa shape index (κ1) is 13.9. The molecule has 1 amide bonds. The molecule has 2 spiro atoms. The van der Waals surface area contributed by atoms with Crippen molar-refractivity contribution in [1.29, 1.82) is 0 Å². The molecule has 2 saturated carbocycles. The van der Waals surface area contributed by atoms with Gasteiger partial charge in [-0.15, -0.1) is 0 Å². The number of amides is 1. The minimum atomic E-state index is -0.280. The molecule has 6 rings (SSSR count). The van der Waals surface area contributed by atoms with Gasteiger partial charge < -0.3 is 5.32 Å². The standard InChI is InChI=1S/C21H26N2O/c1-19-8-4-5-14-12-23-10-9-21(17(23)11-20(14,19)13-19)15-6-2-3-7-16(15)22-18(21)24/h2-3,6-7,14,17H,4-5,8-13H2,1H3,(H,22,24)/t14-,17-,19+,20+,21-/m0/s1. The van der Waals surface area contributed by atoms with Crippen LogP contribution in [0.1, 0.15) is 51.0 Å². The van der Waals surface area contributed by atoms with Crippen LogP contribution in [0.25, 0.3) is 0 Å². The lowest BCUT2D eigenvalue weighted by molar-refractivity contribution is -0.123. The molecule has 1 aromatic rings. The zero-order valence-electron chi connectivity index (χ0n) is 14.5. The van der Waals surface area contributed by atoms with Crippen molar-refractivity contribution in [1.82, 2.24) is 4.90 Å². The molecule has 0 unspecified atom stereocenters. The van der Waals surface area contributed by atoms with Crippen LogP contribution in [0, 0.1) is 16.7 Å². The molecular weight excluding hydrogens is 296 g/mol. The van der Waals surface area contributed by atoms with Crippen molar-refractivity contribution in [3.8, 4) is 0 Å². The van der Waals surface area contributed by atoms with Gasteiger partial charge in [0.1, 0.15) is 0 Å². The van der Waals surface area contributed by atoms with E-state index in [4.69, 9.17) is 0 Å². The summed E-state index contributed by atoms with van der Waals surface area (Å²) in [4.78, 5) is 15.8. The van der Waals surface area contributed by atoms with Crippen molar-refractivity contribution in [2.45, 2.75) is 56.9 Å². The van der Waals surface area contributed by atoms with Crippen LogP contribution >= 0.6 is 0 Å². The maximum Gasteiger partial charge on any atom is 0.236 e. The van der Waals surface area contributed by atoms with Crippen LogP contribution in [0.15, 0.2) is 24.3 Å². The van der Waals surface area contributed by atoms with E-state index in [1.165, 1.54) is 44.2 Å². The summed E-state index contributed by atoms with van der Waals surface area (Å²) in [5.74, 6) is 1.14. The van der Waals surface area contributed by atoms with Crippen LogP contribution in [0.3, 0.4) is 0 Å². The largest absolute Gasteiger partial charge is 0.325 e. The Labute approximate surface area is 143 Å². The van der Waals surface area contributed by atoms with E-state index in [1.54, 1.807) is 0 Å². The zero-order chi connectivity index (χ0) is 16.2. The Morgan fingerprint density at radius 3 is 3.04 bits per heavy atom. The van der Waals surface area contributed by atoms with Crippen LogP contribution in [0.5, 0.6) is 0 Å². The van der Waals surface area contributed by atoms with Crippen molar-refractivity contribution in [2.24, 2.45) is 16.7 Å². The Morgan fingerprint density at radius 2 is 2.12 bits per heavy atom. The molecule has 5 aliphatic rings. The van der Waals surface area contributed by atoms with E-state index in [-0.39, 0.29) is 11.3 Å². The molecule has 3 nitrogen and oxygen atoms in total. The molecule has 2 saturated heterocycles. The number of benzene rings is 1. The molecular formula is C21H26N2O. The normalized spacial score (nSPS) is 48.5. The number of piperidine rings is 1. The highest BCUT2D eigenvalue weighted by Crippen LogP contribution is 2.77. The van der Waals surface area contributed by atoms with Gasteiger partial charge in [-0.05, 0) is 67.0 Å². The van der Waals surface area contributed by atoms with Crippen molar-refractivity contribution in [2.75, 3.05) is 18.4 Å². The minimum absolute atomic E-state index is 0.268. The summed E-state index contributed by atoms with van der Waals surface area (Å²) in [6, 6.07) is 8.84. The number of carbonyl (C=O) groups excluding carboxylic acids is 1. The third kappa shape index (κ3) is 1.36. The predicted octanol–water partition coefficient (Wildman–Crippen LogP) is 3.55. The summed E-state index contributed by atoms with van der Waals surface area (Å²) in [7, 11) is 0. The summed E-state index contributed by atoms with van der Waals surface area (Å²) in [5.41, 5.74) is 3.17. The minimum Gasteiger partial charge on any atom is -0.325 e. The summed E-state index contributed by atoms with van der Waals surface area (Å²) in [6.07, 6.45) is 7.89. The van der Waals surface area contributed by atoms with Crippen molar-refractivity contribution in [3.63, 3.8) is 0 Å². The highest BCUT2D eigenvalue weighted by molar-refractivity contribution is 6.07. The van der Waals surface area contributed by atoms with Gasteiger partial charge in [-0.25, -0.2) is 0 Å². The lowest BCUT2D eigenvalue weighted by Gasteiger charge is -2.49. The van der Waals surface area contributed by atoms with E-state index in [2.05, 4.69) is 35.3 Å². The number of hydrogen-bond acceptors (Lipinski definition) is 2. The topological polar surface area (TPSA) is 32.3 Å². The molecule has 5 atom stereocenters. The fourth-order valence-electron chi connectivity index (χ4n) is 7.41. The quantitative estimate of drug-likeness (QED) is 0.792. The van der Waals surface area contributed by atoms with Gasteiger partial charge in [-0.1, -0.05) is 31.5 Å². The zero-order valence-corrected chi connectivity index (χ0v) is 14.5. The van der Waals surface area contributed by atoms with Gasteiger partial charge in [0.2, 0.25) is 5.91 Å². The highest BCUT2D eigenvalue weighted by atomic mass is 16.2. The second kappa shape index (κ2) is 4.07. The second-order valence-electron chi connectivity index (χ2n) is 9.42. The summed E-state index contributed by atoms with van der Waals surface area (Å²) < 4.78 is 0. The van der Waals surface area contributed by atoms with Crippen LogP contribution < -0.4 is 5.32 Å². The third-order valence-electron chi connectivity index (χ3n) is 8.72. The van der Waals surface area contributed by atoms with Gasteiger partial charge in [-0.2, -0.15) is 0 Å². The SMILES string of the molecule is C[C@]12CCC[C@H]3CN4CC[C@@]5(C(=O)Nc6ccccc65)[C@@H]4C[C@@]31C2. The molecule has 1 aromatic carbocycles. The molecule has 1 N–H and O–H groups in total. The van der Waals surface area contributed by atoms with Gasteiger partial charge >= 0.3 is 0 Å². The predicted molar refractivity (Wildman–Crippen MR) is 93.8 cm³/mol. The molecule has 126 valence electrons. The molecule has 0 aromatic heterocycles. The molecule has 0 bridgehead atoms. The van der Waals surface area contributed by atoms with E-state index in [0.29, 0.717) is 16.9 Å². The first-order chi connectivity index (χ1) is 11.6. The molecule has 0 radical (unpaired) electrons. The van der Waals surface area contributed by atoms with Crippen LogP contribution in [0.4, 0.5) is 5.69 Å². The second-order valence-corrected chi connectivity index (χ2v) is 9.42. The lowest BCUT2D eigenvalue weighted by atomic mass is 9.63. The molecule has 3 heteroatoms. The molecule has 4 fully saturated rings. The average Bonchev–Trinajstić information content (AvgIpc) is 2.88. The smallest absolute Gasteiger partial charge is 0.236 e. The fourth-order valence-corrected chi connectivity index (χ4v) is 7.41. The monoisotopic (exact) mass is 322 g/mol. The van der Waals surface area contributed by atoms with E-state index >= 15 is 0 Å². The van der Waals surface area contributed by atoms with Crippen LogP contribution in [-0.4, -0.2) is 29.9 Å². The van der Waals surface area contributed by atoms with Gasteiger partial charge in [-0.3, -0.25) is 9.69 Å². The molecule has 3 aliphatic heterocycles. The van der Waals surface area contributed by atoms with E-state index in [0.717, 1.165) is 24.6 Å². The summed E-state index contributed by atoms with van der Waals surface area (Å²) in [6.45, 7) is 4.85. The number of anilines is 1.